The van der Waals surface area contributed by atoms with Gasteiger partial charge in [0.05, 0.1) is 6.42 Å². The zero-order chi connectivity index (χ0) is 19.4. The van der Waals surface area contributed by atoms with Crippen molar-refractivity contribution in [1.82, 2.24) is 0 Å². The predicted octanol–water partition coefficient (Wildman–Crippen LogP) is 4.71. The van der Waals surface area contributed by atoms with Crippen LogP contribution in [-0.2, 0) is 19.9 Å². The van der Waals surface area contributed by atoms with E-state index in [2.05, 4.69) is 0 Å². The van der Waals surface area contributed by atoms with E-state index in [1.165, 1.54) is 0 Å². The first kappa shape index (κ1) is 19.2. The van der Waals surface area contributed by atoms with Gasteiger partial charge in [0.25, 0.3) is 0 Å². The number of phenolic OH excluding ortho intramolecular Hbond substituents is 1. The van der Waals surface area contributed by atoms with E-state index in [0.717, 1.165) is 17.5 Å². The van der Waals surface area contributed by atoms with Crippen molar-refractivity contribution in [3.63, 3.8) is 0 Å². The van der Waals surface area contributed by atoms with Crippen LogP contribution in [-0.4, -0.2) is 16.9 Å². The van der Waals surface area contributed by atoms with Gasteiger partial charge in [0.15, 0.2) is 5.78 Å². The normalized spacial score (nSPS) is 23.7. The summed E-state index contributed by atoms with van der Waals surface area (Å²) in [6.45, 7) is 3.97. The first-order chi connectivity index (χ1) is 13.0. The second-order valence-corrected chi connectivity index (χ2v) is 7.26. The number of hydrogen-bond donors (Lipinski definition) is 1. The molecule has 1 aliphatic heterocycles. The quantitative estimate of drug-likeness (QED) is 0.594. The number of carbonyl (C=O) groups is 2. The zero-order valence-electron chi connectivity index (χ0n) is 15.9. The number of ketones is 1. The van der Waals surface area contributed by atoms with Crippen molar-refractivity contribution in [3.8, 4) is 5.75 Å². The molecule has 0 aromatic heterocycles. The Kier molecular flexibility index (Phi) is 5.64. The van der Waals surface area contributed by atoms with Crippen LogP contribution in [0.4, 0.5) is 0 Å². The lowest BCUT2D eigenvalue weighted by Crippen LogP contribution is -2.47. The third-order valence-corrected chi connectivity index (χ3v) is 5.45. The number of rotatable bonds is 6. The Morgan fingerprint density at radius 3 is 2.44 bits per heavy atom. The average molecular weight is 366 g/mol. The van der Waals surface area contributed by atoms with Crippen LogP contribution in [0.1, 0.15) is 56.6 Å². The highest BCUT2D eigenvalue weighted by Crippen LogP contribution is 2.44. The van der Waals surface area contributed by atoms with E-state index in [9.17, 15) is 14.7 Å². The first-order valence-electron chi connectivity index (χ1n) is 9.60. The summed E-state index contributed by atoms with van der Waals surface area (Å²) in [6.07, 6.45) is 2.23. The number of carbonyl (C=O) groups excluding carboxylic acids is 2. The van der Waals surface area contributed by atoms with Crippen LogP contribution in [0.25, 0.3) is 0 Å². The van der Waals surface area contributed by atoms with Crippen molar-refractivity contribution < 1.29 is 19.4 Å². The van der Waals surface area contributed by atoms with Crippen LogP contribution < -0.4 is 0 Å². The summed E-state index contributed by atoms with van der Waals surface area (Å²) in [7, 11) is 0. The van der Waals surface area contributed by atoms with Crippen molar-refractivity contribution in [2.75, 3.05) is 0 Å². The molecule has 2 aromatic carbocycles. The van der Waals surface area contributed by atoms with Gasteiger partial charge in [0.1, 0.15) is 17.3 Å². The van der Waals surface area contributed by atoms with Gasteiger partial charge in [0.2, 0.25) is 0 Å². The van der Waals surface area contributed by atoms with Crippen LogP contribution in [0.3, 0.4) is 0 Å². The lowest BCUT2D eigenvalue weighted by molar-refractivity contribution is -0.181. The number of benzene rings is 2. The number of aromatic hydroxyl groups is 1. The van der Waals surface area contributed by atoms with Gasteiger partial charge in [-0.1, -0.05) is 62.7 Å². The number of hydrogen-bond acceptors (Lipinski definition) is 4. The van der Waals surface area contributed by atoms with E-state index in [1.54, 1.807) is 18.2 Å². The number of cyclic esters (lactones) is 1. The lowest BCUT2D eigenvalue weighted by Gasteiger charge is -2.41. The molecule has 4 heteroatoms. The van der Waals surface area contributed by atoms with E-state index in [-0.39, 0.29) is 23.9 Å². The largest absolute Gasteiger partial charge is 0.508 e. The average Bonchev–Trinajstić information content (AvgIpc) is 2.65. The summed E-state index contributed by atoms with van der Waals surface area (Å²) in [4.78, 5) is 26.2. The Bertz CT molecular complexity index is 794. The maximum absolute atomic E-state index is 13.2. The molecule has 3 rings (SSSR count). The third kappa shape index (κ3) is 3.75. The smallest absolute Gasteiger partial charge is 0.318 e. The molecule has 1 heterocycles. The zero-order valence-corrected chi connectivity index (χ0v) is 15.9. The van der Waals surface area contributed by atoms with Crippen molar-refractivity contribution in [3.05, 3.63) is 65.7 Å². The molecule has 4 nitrogen and oxygen atoms in total. The summed E-state index contributed by atoms with van der Waals surface area (Å²) in [5.74, 6) is -1.54. The molecule has 1 fully saturated rings. The van der Waals surface area contributed by atoms with Crippen LogP contribution in [0.5, 0.6) is 5.75 Å². The Balaban J connectivity index is 1.94. The Labute approximate surface area is 160 Å². The molecular weight excluding hydrogens is 340 g/mol. The molecule has 0 radical (unpaired) electrons. The van der Waals surface area contributed by atoms with E-state index in [0.29, 0.717) is 12.8 Å². The number of phenols is 1. The van der Waals surface area contributed by atoms with Gasteiger partial charge in [-0.25, -0.2) is 0 Å². The van der Waals surface area contributed by atoms with Crippen molar-refractivity contribution in [1.29, 1.82) is 0 Å². The lowest BCUT2D eigenvalue weighted by atomic mass is 9.73. The first-order valence-corrected chi connectivity index (χ1v) is 9.60. The molecule has 0 spiro atoms. The highest BCUT2D eigenvalue weighted by molar-refractivity contribution is 6.02. The SMILES string of the molecule is CCCC1(c2ccccc2)CC(=O)C(C(CC)c2cccc(O)c2)C(=O)O1. The topological polar surface area (TPSA) is 63.6 Å². The Morgan fingerprint density at radius 1 is 1.11 bits per heavy atom. The highest BCUT2D eigenvalue weighted by atomic mass is 16.6. The predicted molar refractivity (Wildman–Crippen MR) is 103 cm³/mol. The fraction of sp³-hybridized carbons (Fsp3) is 0.391. The summed E-state index contributed by atoms with van der Waals surface area (Å²) in [5, 5.41) is 9.79. The molecule has 0 amide bonds. The van der Waals surface area contributed by atoms with Crippen molar-refractivity contribution in [2.45, 2.75) is 51.0 Å². The minimum atomic E-state index is -0.877. The van der Waals surface area contributed by atoms with Crippen LogP contribution in [0.15, 0.2) is 54.6 Å². The van der Waals surface area contributed by atoms with Crippen LogP contribution in [0, 0.1) is 5.92 Å². The molecule has 142 valence electrons. The molecule has 3 atom stereocenters. The van der Waals surface area contributed by atoms with Crippen molar-refractivity contribution in [2.24, 2.45) is 5.92 Å². The fourth-order valence-electron chi connectivity index (χ4n) is 4.21. The van der Waals surface area contributed by atoms with Crippen molar-refractivity contribution >= 4 is 11.8 Å². The van der Waals surface area contributed by atoms with E-state index >= 15 is 0 Å². The van der Waals surface area contributed by atoms with Gasteiger partial charge in [-0.3, -0.25) is 9.59 Å². The Hall–Kier alpha value is -2.62. The van der Waals surface area contributed by atoms with Crippen LogP contribution >= 0.6 is 0 Å². The molecule has 1 aliphatic rings. The molecule has 1 N–H and O–H groups in total. The standard InChI is InChI=1S/C23H26O4/c1-3-13-23(17-10-6-5-7-11-17)15-20(25)21(22(26)27-23)19(4-2)16-9-8-12-18(24)14-16/h5-12,14,19,21,24H,3-4,13,15H2,1-2H3. The molecule has 3 unspecified atom stereocenters. The minimum absolute atomic E-state index is 0.0845. The molecule has 0 saturated carbocycles. The highest BCUT2D eigenvalue weighted by Gasteiger charge is 2.49. The van der Waals surface area contributed by atoms with Gasteiger partial charge >= 0.3 is 5.97 Å². The van der Waals surface area contributed by atoms with Gasteiger partial charge in [-0.05, 0) is 36.1 Å². The molecule has 1 saturated heterocycles. The Morgan fingerprint density at radius 2 is 1.85 bits per heavy atom. The van der Waals surface area contributed by atoms with E-state index in [4.69, 9.17) is 4.74 Å². The van der Waals surface area contributed by atoms with Crippen LogP contribution in [0.2, 0.25) is 0 Å². The van der Waals surface area contributed by atoms with Gasteiger partial charge in [0, 0.05) is 5.92 Å². The molecule has 0 bridgehead atoms. The van der Waals surface area contributed by atoms with Gasteiger partial charge in [-0.15, -0.1) is 0 Å². The molecule has 0 aliphatic carbocycles. The minimum Gasteiger partial charge on any atom is -0.508 e. The summed E-state index contributed by atoms with van der Waals surface area (Å²) in [6, 6.07) is 16.3. The fourth-order valence-corrected chi connectivity index (χ4v) is 4.21. The van der Waals surface area contributed by atoms with Gasteiger partial charge < -0.3 is 9.84 Å². The molecular formula is C23H26O4. The summed E-state index contributed by atoms with van der Waals surface area (Å²) >= 11 is 0. The molecule has 2 aromatic rings. The number of ether oxygens (including phenoxy) is 1. The maximum atomic E-state index is 13.2. The summed E-state index contributed by atoms with van der Waals surface area (Å²) in [5.41, 5.74) is 0.783. The third-order valence-electron chi connectivity index (χ3n) is 5.45. The van der Waals surface area contributed by atoms with Gasteiger partial charge in [-0.2, -0.15) is 0 Å². The maximum Gasteiger partial charge on any atom is 0.318 e. The molecule has 27 heavy (non-hydrogen) atoms. The summed E-state index contributed by atoms with van der Waals surface area (Å²) < 4.78 is 6.00. The number of esters is 1. The second kappa shape index (κ2) is 7.95. The van der Waals surface area contributed by atoms with E-state index in [1.807, 2.05) is 50.2 Å². The monoisotopic (exact) mass is 366 g/mol. The van der Waals surface area contributed by atoms with E-state index < -0.39 is 17.5 Å². The second-order valence-electron chi connectivity index (χ2n) is 7.26. The number of Topliss-reactive ketones (excluding diaryl/α,β-unsaturated/α-hetero) is 1.